The van der Waals surface area contributed by atoms with Crippen molar-refractivity contribution in [1.29, 1.82) is 0 Å². The summed E-state index contributed by atoms with van der Waals surface area (Å²) in [4.78, 5) is 12.9. The van der Waals surface area contributed by atoms with Crippen molar-refractivity contribution in [3.8, 4) is 0 Å². The van der Waals surface area contributed by atoms with E-state index in [4.69, 9.17) is 0 Å². The third-order valence-electron chi connectivity index (χ3n) is 5.72. The maximum atomic E-state index is 12.9. The van der Waals surface area contributed by atoms with E-state index in [1.807, 2.05) is 48.5 Å². The molecule has 2 fully saturated rings. The molecule has 0 aromatic carbocycles. The number of hydroxylamine groups is 4. The minimum absolute atomic E-state index is 0.00413. The average molecular weight is 453 g/mol. The molecule has 2 heterocycles. The van der Waals surface area contributed by atoms with Crippen LogP contribution in [0.1, 0.15) is 67.7 Å². The number of piperidine rings is 1. The van der Waals surface area contributed by atoms with Crippen LogP contribution in [0.25, 0.3) is 0 Å². The Balaban J connectivity index is 2.13. The summed E-state index contributed by atoms with van der Waals surface area (Å²) in [6, 6.07) is 0.00413. The number of alkyl halides is 1. The van der Waals surface area contributed by atoms with E-state index in [0.717, 1.165) is 0 Å². The number of carbonyl (C=O) groups excluding carboxylic acids is 1. The molecule has 1 amide bonds. The molecule has 3 atom stereocenters. The average Bonchev–Trinajstić information content (AvgIpc) is 2.55. The first-order chi connectivity index (χ1) is 10.6. The molecular formula is C17H32IN3O3. The summed E-state index contributed by atoms with van der Waals surface area (Å²) in [6.45, 7) is 13.7. The van der Waals surface area contributed by atoms with Crippen LogP contribution in [0.2, 0.25) is 0 Å². The lowest BCUT2D eigenvalue weighted by Gasteiger charge is -2.50. The molecule has 0 aromatic rings. The summed E-state index contributed by atoms with van der Waals surface area (Å²) in [7, 11) is 0. The van der Waals surface area contributed by atoms with Crippen molar-refractivity contribution in [3.63, 3.8) is 0 Å². The number of nitrogens with zero attached hydrogens (tertiary/aromatic N) is 2. The van der Waals surface area contributed by atoms with Gasteiger partial charge in [-0.05, 0) is 67.7 Å². The standard InChI is InChI=1S/C17H32IN3O3/c1-14(2)8-11(9-17(7,18)21(14)24)19-13(22)12-10-15(3,4)20(23)16(12,5)6/h11-12,23-24H,8-10H2,1-7H3,(H,19,22). The lowest BCUT2D eigenvalue weighted by molar-refractivity contribution is -0.217. The van der Waals surface area contributed by atoms with Gasteiger partial charge in [0.25, 0.3) is 0 Å². The summed E-state index contributed by atoms with van der Waals surface area (Å²) in [6.07, 6.45) is 1.98. The molecule has 0 radical (unpaired) electrons. The van der Waals surface area contributed by atoms with Crippen molar-refractivity contribution in [2.75, 3.05) is 0 Å². The number of hydrogen-bond donors (Lipinski definition) is 3. The molecule has 24 heavy (non-hydrogen) atoms. The first-order valence-corrected chi connectivity index (χ1v) is 9.67. The molecule has 2 aliphatic heterocycles. The first kappa shape index (κ1) is 20.4. The smallest absolute Gasteiger partial charge is 0.225 e. The summed E-state index contributed by atoms with van der Waals surface area (Å²) >= 11 is 2.24. The van der Waals surface area contributed by atoms with E-state index in [1.165, 1.54) is 10.1 Å². The topological polar surface area (TPSA) is 76.0 Å². The summed E-state index contributed by atoms with van der Waals surface area (Å²) in [5.74, 6) is -0.280. The summed E-state index contributed by atoms with van der Waals surface area (Å²) in [5.41, 5.74) is -1.43. The molecule has 0 saturated carbocycles. The van der Waals surface area contributed by atoms with E-state index in [9.17, 15) is 15.2 Å². The van der Waals surface area contributed by atoms with Gasteiger partial charge >= 0.3 is 0 Å². The van der Waals surface area contributed by atoms with E-state index >= 15 is 0 Å². The van der Waals surface area contributed by atoms with Crippen molar-refractivity contribution in [2.45, 2.75) is 93.9 Å². The van der Waals surface area contributed by atoms with Crippen LogP contribution in [-0.4, -0.2) is 52.7 Å². The minimum Gasteiger partial charge on any atom is -0.353 e. The minimum atomic E-state index is -0.603. The molecule has 0 aliphatic carbocycles. The number of hydrogen-bond acceptors (Lipinski definition) is 5. The van der Waals surface area contributed by atoms with E-state index in [2.05, 4.69) is 27.9 Å². The Bertz CT molecular complexity index is 501. The van der Waals surface area contributed by atoms with Gasteiger partial charge in [-0.1, -0.05) is 22.6 Å². The van der Waals surface area contributed by atoms with Crippen LogP contribution >= 0.6 is 22.6 Å². The van der Waals surface area contributed by atoms with E-state index in [0.29, 0.717) is 19.3 Å². The van der Waals surface area contributed by atoms with Crippen LogP contribution in [0.5, 0.6) is 0 Å². The molecule has 2 aliphatic rings. The van der Waals surface area contributed by atoms with Crippen molar-refractivity contribution in [2.24, 2.45) is 5.92 Å². The molecule has 7 heteroatoms. The predicted molar refractivity (Wildman–Crippen MR) is 101 cm³/mol. The van der Waals surface area contributed by atoms with Crippen LogP contribution in [0, 0.1) is 5.92 Å². The van der Waals surface area contributed by atoms with Gasteiger partial charge in [-0.25, -0.2) is 0 Å². The van der Waals surface area contributed by atoms with Crippen LogP contribution in [0.4, 0.5) is 0 Å². The Morgan fingerprint density at radius 2 is 1.46 bits per heavy atom. The fourth-order valence-electron chi connectivity index (χ4n) is 4.51. The highest BCUT2D eigenvalue weighted by Crippen LogP contribution is 2.45. The van der Waals surface area contributed by atoms with Crippen LogP contribution in [0.3, 0.4) is 0 Å². The largest absolute Gasteiger partial charge is 0.353 e. The van der Waals surface area contributed by atoms with Gasteiger partial charge in [0.05, 0.1) is 15.0 Å². The van der Waals surface area contributed by atoms with Gasteiger partial charge in [-0.15, -0.1) is 0 Å². The fourth-order valence-corrected chi connectivity index (χ4v) is 5.69. The van der Waals surface area contributed by atoms with Crippen molar-refractivity contribution in [1.82, 2.24) is 15.4 Å². The number of carbonyl (C=O) groups is 1. The normalized spacial score (nSPS) is 38.9. The molecule has 140 valence electrons. The Hall–Kier alpha value is 0.0400. The van der Waals surface area contributed by atoms with Gasteiger partial charge in [0, 0.05) is 17.1 Å². The monoisotopic (exact) mass is 453 g/mol. The lowest BCUT2D eigenvalue weighted by Crippen LogP contribution is -2.62. The molecule has 2 rings (SSSR count). The molecule has 0 aromatic heterocycles. The van der Waals surface area contributed by atoms with Gasteiger partial charge in [-0.2, -0.15) is 10.1 Å². The number of rotatable bonds is 2. The highest BCUT2D eigenvalue weighted by Gasteiger charge is 2.55. The zero-order chi connectivity index (χ0) is 18.7. The Kier molecular flexibility index (Phi) is 5.12. The summed E-state index contributed by atoms with van der Waals surface area (Å²) in [5, 5.41) is 26.7. The SMILES string of the molecule is CC1(C)CC(NC(=O)C2CC(C)(C)N(O)C2(C)C)CC(C)(I)N1O. The second-order valence-corrected chi connectivity index (χ2v) is 11.7. The molecule has 3 N–H and O–H groups in total. The molecule has 0 spiro atoms. The van der Waals surface area contributed by atoms with Crippen molar-refractivity contribution < 1.29 is 15.2 Å². The number of amides is 1. The Labute approximate surface area is 159 Å². The molecule has 3 unspecified atom stereocenters. The third-order valence-corrected chi connectivity index (χ3v) is 6.62. The number of halogens is 1. The highest BCUT2D eigenvalue weighted by atomic mass is 127. The second-order valence-electron chi connectivity index (χ2n) is 9.42. The maximum absolute atomic E-state index is 12.9. The lowest BCUT2D eigenvalue weighted by atomic mass is 9.83. The van der Waals surface area contributed by atoms with Crippen LogP contribution in [0.15, 0.2) is 0 Å². The predicted octanol–water partition coefficient (Wildman–Crippen LogP) is 3.15. The molecule has 6 nitrogen and oxygen atoms in total. The third kappa shape index (κ3) is 3.47. The number of nitrogens with one attached hydrogen (secondary N) is 1. The summed E-state index contributed by atoms with van der Waals surface area (Å²) < 4.78 is -0.426. The van der Waals surface area contributed by atoms with E-state index in [1.54, 1.807) is 0 Å². The first-order valence-electron chi connectivity index (χ1n) is 8.59. The molecular weight excluding hydrogens is 421 g/mol. The van der Waals surface area contributed by atoms with Gasteiger partial charge < -0.3 is 15.7 Å². The van der Waals surface area contributed by atoms with Gasteiger partial charge in [0.15, 0.2) is 0 Å². The van der Waals surface area contributed by atoms with E-state index < -0.39 is 20.2 Å². The second kappa shape index (κ2) is 6.04. The quantitative estimate of drug-likeness (QED) is 0.340. The van der Waals surface area contributed by atoms with Crippen LogP contribution in [-0.2, 0) is 4.79 Å². The fraction of sp³-hybridized carbons (Fsp3) is 0.941. The van der Waals surface area contributed by atoms with Gasteiger partial charge in [-0.3, -0.25) is 4.79 Å². The highest BCUT2D eigenvalue weighted by molar-refractivity contribution is 14.1. The zero-order valence-electron chi connectivity index (χ0n) is 15.9. The molecule has 2 saturated heterocycles. The van der Waals surface area contributed by atoms with Crippen LogP contribution < -0.4 is 5.32 Å². The maximum Gasteiger partial charge on any atom is 0.225 e. The Morgan fingerprint density at radius 3 is 1.88 bits per heavy atom. The zero-order valence-corrected chi connectivity index (χ0v) is 18.0. The van der Waals surface area contributed by atoms with Crippen molar-refractivity contribution in [3.05, 3.63) is 0 Å². The van der Waals surface area contributed by atoms with Gasteiger partial charge in [0.1, 0.15) is 0 Å². The van der Waals surface area contributed by atoms with Crippen molar-refractivity contribution >= 4 is 28.5 Å². The Morgan fingerprint density at radius 1 is 0.958 bits per heavy atom. The van der Waals surface area contributed by atoms with E-state index in [-0.39, 0.29) is 17.9 Å². The molecule has 0 bridgehead atoms. The van der Waals surface area contributed by atoms with Gasteiger partial charge in [0.2, 0.25) is 5.91 Å².